The van der Waals surface area contributed by atoms with Crippen LogP contribution in [-0.4, -0.2) is 51.3 Å². The van der Waals surface area contributed by atoms with Crippen LogP contribution in [0.2, 0.25) is 0 Å². The van der Waals surface area contributed by atoms with E-state index in [1.165, 1.54) is 0 Å². The van der Waals surface area contributed by atoms with Gasteiger partial charge in [-0.15, -0.1) is 0 Å². The molecule has 0 aliphatic carbocycles. The van der Waals surface area contributed by atoms with Crippen LogP contribution in [0.4, 0.5) is 0 Å². The Morgan fingerprint density at radius 3 is 2.50 bits per heavy atom. The van der Waals surface area contributed by atoms with E-state index in [1.54, 1.807) is 0 Å². The molecule has 3 heteroatoms. The summed E-state index contributed by atoms with van der Waals surface area (Å²) in [4.78, 5) is 2.26. The van der Waals surface area contributed by atoms with Crippen LogP contribution in [0.25, 0.3) is 0 Å². The first-order valence-electron chi connectivity index (χ1n) is 4.61. The monoisotopic (exact) mass is 174 g/mol. The molecule has 0 aliphatic rings. The molecule has 0 radical (unpaired) electrons. The molecule has 0 fully saturated rings. The number of rotatable bonds is 7. The molecule has 0 amide bonds. The van der Waals surface area contributed by atoms with Crippen LogP contribution in [0.3, 0.4) is 0 Å². The van der Waals surface area contributed by atoms with E-state index in [0.717, 1.165) is 26.2 Å². The lowest BCUT2D eigenvalue weighted by Crippen LogP contribution is -2.30. The molecular formula is C9H22N2O. The molecule has 0 saturated heterocycles. The Bertz CT molecular complexity index is 96.5. The van der Waals surface area contributed by atoms with Crippen LogP contribution < -0.4 is 5.32 Å². The first-order valence-corrected chi connectivity index (χ1v) is 4.61. The molecule has 0 aromatic heterocycles. The lowest BCUT2D eigenvalue weighted by molar-refractivity contribution is 0.0641. The third-order valence-electron chi connectivity index (χ3n) is 1.67. The molecule has 0 saturated carbocycles. The van der Waals surface area contributed by atoms with E-state index in [1.807, 2.05) is 7.05 Å². The zero-order chi connectivity index (χ0) is 9.40. The summed E-state index contributed by atoms with van der Waals surface area (Å²) in [5.74, 6) is 0. The van der Waals surface area contributed by atoms with Crippen molar-refractivity contribution in [2.45, 2.75) is 20.0 Å². The van der Waals surface area contributed by atoms with Crippen LogP contribution in [-0.2, 0) is 4.74 Å². The van der Waals surface area contributed by atoms with Crippen LogP contribution in [0.1, 0.15) is 13.8 Å². The van der Waals surface area contributed by atoms with Gasteiger partial charge in [-0.25, -0.2) is 0 Å². The van der Waals surface area contributed by atoms with E-state index in [9.17, 15) is 0 Å². The van der Waals surface area contributed by atoms with Gasteiger partial charge in [0.1, 0.15) is 0 Å². The highest BCUT2D eigenvalue weighted by Crippen LogP contribution is 1.88. The van der Waals surface area contributed by atoms with Crippen molar-refractivity contribution >= 4 is 0 Å². The summed E-state index contributed by atoms with van der Waals surface area (Å²) >= 11 is 0. The van der Waals surface area contributed by atoms with Crippen molar-refractivity contribution in [1.29, 1.82) is 0 Å². The summed E-state index contributed by atoms with van der Waals surface area (Å²) in [6.07, 6.45) is 0.350. The third kappa shape index (κ3) is 7.98. The minimum Gasteiger partial charge on any atom is -0.377 e. The van der Waals surface area contributed by atoms with Gasteiger partial charge in [0, 0.05) is 19.6 Å². The summed E-state index contributed by atoms with van der Waals surface area (Å²) in [5.41, 5.74) is 0. The van der Waals surface area contributed by atoms with Crippen molar-refractivity contribution in [3.8, 4) is 0 Å². The van der Waals surface area contributed by atoms with Crippen LogP contribution >= 0.6 is 0 Å². The summed E-state index contributed by atoms with van der Waals surface area (Å²) in [6, 6.07) is 0. The molecule has 0 bridgehead atoms. The number of ether oxygens (including phenoxy) is 1. The summed E-state index contributed by atoms with van der Waals surface area (Å²) in [7, 11) is 4.08. The largest absolute Gasteiger partial charge is 0.377 e. The lowest BCUT2D eigenvalue weighted by Gasteiger charge is -2.17. The normalized spacial score (nSPS) is 11.5. The molecule has 3 nitrogen and oxygen atoms in total. The Kier molecular flexibility index (Phi) is 7.45. The topological polar surface area (TPSA) is 24.5 Å². The molecule has 0 heterocycles. The fraction of sp³-hybridized carbons (Fsp3) is 1.00. The minimum absolute atomic E-state index is 0.350. The summed E-state index contributed by atoms with van der Waals surface area (Å²) in [6.45, 7) is 8.09. The van der Waals surface area contributed by atoms with Crippen LogP contribution in [0.15, 0.2) is 0 Å². The van der Waals surface area contributed by atoms with Gasteiger partial charge in [-0.3, -0.25) is 0 Å². The highest BCUT2D eigenvalue weighted by atomic mass is 16.5. The second-order valence-electron chi connectivity index (χ2n) is 3.33. The van der Waals surface area contributed by atoms with Gasteiger partial charge < -0.3 is 15.0 Å². The predicted octanol–water partition coefficient (Wildman–Crippen LogP) is 0.563. The molecule has 0 aromatic carbocycles. The first-order chi connectivity index (χ1) is 5.66. The van der Waals surface area contributed by atoms with E-state index in [0.29, 0.717) is 6.10 Å². The van der Waals surface area contributed by atoms with Crippen molar-refractivity contribution < 1.29 is 4.74 Å². The molecule has 1 N–H and O–H groups in total. The second kappa shape index (κ2) is 7.53. The maximum atomic E-state index is 5.43. The van der Waals surface area contributed by atoms with Gasteiger partial charge in [-0.2, -0.15) is 0 Å². The fourth-order valence-electron chi connectivity index (χ4n) is 0.859. The highest BCUT2D eigenvalue weighted by molar-refractivity contribution is 4.52. The van der Waals surface area contributed by atoms with E-state index >= 15 is 0 Å². The summed E-state index contributed by atoms with van der Waals surface area (Å²) < 4.78 is 5.43. The summed E-state index contributed by atoms with van der Waals surface area (Å²) in [5, 5.41) is 3.12. The average molecular weight is 174 g/mol. The van der Waals surface area contributed by atoms with Gasteiger partial charge in [0.15, 0.2) is 0 Å². The smallest absolute Gasteiger partial charge is 0.0596 e. The van der Waals surface area contributed by atoms with Gasteiger partial charge in [-0.1, -0.05) is 0 Å². The number of likely N-dealkylation sites (N-methyl/N-ethyl adjacent to an activating group) is 2. The Morgan fingerprint density at radius 2 is 2.00 bits per heavy atom. The maximum absolute atomic E-state index is 5.43. The number of hydrogen-bond acceptors (Lipinski definition) is 3. The number of hydrogen-bond donors (Lipinski definition) is 1. The van der Waals surface area contributed by atoms with Crippen molar-refractivity contribution in [1.82, 2.24) is 10.2 Å². The fourth-order valence-corrected chi connectivity index (χ4v) is 0.859. The standard InChI is InChI=1S/C9H22N2O/c1-9(2)12-8-7-11(4)6-5-10-3/h9-10H,5-8H2,1-4H3. The Morgan fingerprint density at radius 1 is 1.33 bits per heavy atom. The molecule has 0 unspecified atom stereocenters. The molecule has 74 valence electrons. The minimum atomic E-state index is 0.350. The SMILES string of the molecule is CNCCN(C)CCOC(C)C. The zero-order valence-corrected chi connectivity index (χ0v) is 8.76. The predicted molar refractivity (Wildman–Crippen MR) is 52.5 cm³/mol. The van der Waals surface area contributed by atoms with Crippen molar-refractivity contribution in [3.05, 3.63) is 0 Å². The molecule has 0 aliphatic heterocycles. The van der Waals surface area contributed by atoms with Crippen LogP contribution in [0.5, 0.6) is 0 Å². The number of nitrogens with one attached hydrogen (secondary N) is 1. The molecule has 0 spiro atoms. The molecule has 0 rings (SSSR count). The first kappa shape index (κ1) is 11.9. The number of nitrogens with zero attached hydrogens (tertiary/aromatic N) is 1. The molecule has 12 heavy (non-hydrogen) atoms. The quantitative estimate of drug-likeness (QED) is 0.610. The van der Waals surface area contributed by atoms with Crippen molar-refractivity contribution in [3.63, 3.8) is 0 Å². The molecule has 0 atom stereocenters. The third-order valence-corrected chi connectivity index (χ3v) is 1.67. The Balaban J connectivity index is 3.13. The average Bonchev–Trinajstić information content (AvgIpc) is 2.00. The van der Waals surface area contributed by atoms with E-state index in [-0.39, 0.29) is 0 Å². The van der Waals surface area contributed by atoms with Gasteiger partial charge in [0.05, 0.1) is 12.7 Å². The van der Waals surface area contributed by atoms with Crippen molar-refractivity contribution in [2.75, 3.05) is 40.3 Å². The zero-order valence-electron chi connectivity index (χ0n) is 8.76. The molecule has 0 aromatic rings. The van der Waals surface area contributed by atoms with E-state index in [2.05, 4.69) is 31.1 Å². The highest BCUT2D eigenvalue weighted by Gasteiger charge is 1.97. The van der Waals surface area contributed by atoms with Gasteiger partial charge in [-0.05, 0) is 27.9 Å². The van der Waals surface area contributed by atoms with Crippen LogP contribution in [0, 0.1) is 0 Å². The van der Waals surface area contributed by atoms with E-state index < -0.39 is 0 Å². The van der Waals surface area contributed by atoms with Gasteiger partial charge >= 0.3 is 0 Å². The maximum Gasteiger partial charge on any atom is 0.0596 e. The van der Waals surface area contributed by atoms with Gasteiger partial charge in [0.25, 0.3) is 0 Å². The Hall–Kier alpha value is -0.120. The second-order valence-corrected chi connectivity index (χ2v) is 3.33. The van der Waals surface area contributed by atoms with Gasteiger partial charge in [0.2, 0.25) is 0 Å². The lowest BCUT2D eigenvalue weighted by atomic mass is 10.4. The molecular weight excluding hydrogens is 152 g/mol. The van der Waals surface area contributed by atoms with Crippen molar-refractivity contribution in [2.24, 2.45) is 0 Å². The van der Waals surface area contributed by atoms with E-state index in [4.69, 9.17) is 4.74 Å². The Labute approximate surface area is 76.1 Å².